The molecule has 0 aliphatic carbocycles. The van der Waals surface area contributed by atoms with Crippen molar-refractivity contribution in [2.24, 2.45) is 0 Å². The van der Waals surface area contributed by atoms with Crippen molar-refractivity contribution in [3.63, 3.8) is 0 Å². The van der Waals surface area contributed by atoms with E-state index in [0.29, 0.717) is 18.2 Å². The highest BCUT2D eigenvalue weighted by molar-refractivity contribution is 9.10. The highest BCUT2D eigenvalue weighted by Gasteiger charge is 2.06. The van der Waals surface area contributed by atoms with Crippen LogP contribution in [0.2, 0.25) is 0 Å². The van der Waals surface area contributed by atoms with Gasteiger partial charge in [-0.1, -0.05) is 6.92 Å². The van der Waals surface area contributed by atoms with Crippen molar-refractivity contribution in [2.45, 2.75) is 32.9 Å². The molecule has 1 atom stereocenters. The molecule has 0 bridgehead atoms. The van der Waals surface area contributed by atoms with Crippen LogP contribution in [0.15, 0.2) is 34.9 Å². The Morgan fingerprint density at radius 2 is 2.25 bits per heavy atom. The zero-order valence-corrected chi connectivity index (χ0v) is 13.2. The normalized spacial score (nSPS) is 11.9. The first-order valence-corrected chi connectivity index (χ1v) is 7.41. The lowest BCUT2D eigenvalue weighted by Crippen LogP contribution is -2.06. The van der Waals surface area contributed by atoms with Gasteiger partial charge in [0.05, 0.1) is 23.9 Å². The van der Waals surface area contributed by atoms with Gasteiger partial charge in [0.15, 0.2) is 0 Å². The number of rotatable bonds is 5. The third-order valence-electron chi connectivity index (χ3n) is 3.26. The average molecular weight is 333 g/mol. The topological polar surface area (TPSA) is 53.6 Å². The predicted molar refractivity (Wildman–Crippen MR) is 83.4 cm³/mol. The van der Waals surface area contributed by atoms with E-state index in [-0.39, 0.29) is 0 Å². The van der Waals surface area contributed by atoms with Gasteiger partial charge in [-0.15, -0.1) is 0 Å². The lowest BCUT2D eigenvalue weighted by molar-refractivity contribution is 0.474. The Morgan fingerprint density at radius 3 is 2.90 bits per heavy atom. The molecule has 1 unspecified atom stereocenters. The minimum Gasteiger partial charge on any atom is -0.378 e. The Bertz CT molecular complexity index is 627. The van der Waals surface area contributed by atoms with Gasteiger partial charge in [-0.05, 0) is 53.5 Å². The molecule has 0 radical (unpaired) electrons. The van der Waals surface area contributed by atoms with Gasteiger partial charge in [-0.25, -0.2) is 0 Å². The minimum atomic E-state index is 0.422. The molecule has 1 aromatic carbocycles. The number of anilines is 1. The van der Waals surface area contributed by atoms with Gasteiger partial charge in [0, 0.05) is 22.4 Å². The van der Waals surface area contributed by atoms with Gasteiger partial charge < -0.3 is 5.32 Å². The van der Waals surface area contributed by atoms with E-state index in [1.165, 1.54) is 0 Å². The van der Waals surface area contributed by atoms with Crippen molar-refractivity contribution in [3.8, 4) is 6.07 Å². The molecular formula is C15H17BrN4. The molecule has 1 aromatic heterocycles. The predicted octanol–water partition coefficient (Wildman–Crippen LogP) is 4.10. The van der Waals surface area contributed by atoms with Crippen LogP contribution < -0.4 is 5.32 Å². The largest absolute Gasteiger partial charge is 0.378 e. The van der Waals surface area contributed by atoms with Crippen LogP contribution in [0.4, 0.5) is 5.69 Å². The van der Waals surface area contributed by atoms with Gasteiger partial charge >= 0.3 is 0 Å². The van der Waals surface area contributed by atoms with E-state index in [1.54, 1.807) is 12.1 Å². The molecule has 0 amide bonds. The quantitative estimate of drug-likeness (QED) is 0.896. The van der Waals surface area contributed by atoms with E-state index in [9.17, 15) is 0 Å². The Kier molecular flexibility index (Phi) is 4.80. The SMILES string of the molecule is CCC(C)n1ccc(CNc2ccc(C#N)cc2Br)n1. The number of nitrogens with zero attached hydrogens (tertiary/aromatic N) is 3. The summed E-state index contributed by atoms with van der Waals surface area (Å²) in [4.78, 5) is 0. The van der Waals surface area contributed by atoms with Crippen molar-refractivity contribution in [3.05, 3.63) is 46.2 Å². The van der Waals surface area contributed by atoms with Crippen LogP contribution in [-0.2, 0) is 6.54 Å². The van der Waals surface area contributed by atoms with Crippen LogP contribution in [0, 0.1) is 11.3 Å². The monoisotopic (exact) mass is 332 g/mol. The van der Waals surface area contributed by atoms with Crippen LogP contribution in [0.3, 0.4) is 0 Å². The number of aromatic nitrogens is 2. The Hall–Kier alpha value is -1.80. The summed E-state index contributed by atoms with van der Waals surface area (Å²) in [6, 6.07) is 10.1. The molecule has 20 heavy (non-hydrogen) atoms. The van der Waals surface area contributed by atoms with Crippen molar-refractivity contribution >= 4 is 21.6 Å². The molecule has 0 saturated carbocycles. The number of hydrogen-bond donors (Lipinski definition) is 1. The maximum Gasteiger partial charge on any atom is 0.0992 e. The fourth-order valence-corrected chi connectivity index (χ4v) is 2.34. The van der Waals surface area contributed by atoms with Crippen LogP contribution >= 0.6 is 15.9 Å². The van der Waals surface area contributed by atoms with E-state index < -0.39 is 0 Å². The van der Waals surface area contributed by atoms with Gasteiger partial charge in [0.25, 0.3) is 0 Å². The zero-order valence-electron chi connectivity index (χ0n) is 11.6. The molecule has 2 rings (SSSR count). The molecule has 2 aromatic rings. The molecule has 4 nitrogen and oxygen atoms in total. The van der Waals surface area contributed by atoms with E-state index in [4.69, 9.17) is 5.26 Å². The highest BCUT2D eigenvalue weighted by Crippen LogP contribution is 2.23. The number of nitriles is 1. The lowest BCUT2D eigenvalue weighted by atomic mass is 10.2. The van der Waals surface area contributed by atoms with Crippen molar-refractivity contribution < 1.29 is 0 Å². The van der Waals surface area contributed by atoms with Crippen LogP contribution in [0.1, 0.15) is 37.6 Å². The average Bonchev–Trinajstić information content (AvgIpc) is 2.94. The maximum absolute atomic E-state index is 8.83. The van der Waals surface area contributed by atoms with Gasteiger partial charge in [0.2, 0.25) is 0 Å². The fourth-order valence-electron chi connectivity index (χ4n) is 1.82. The van der Waals surface area contributed by atoms with Crippen LogP contribution in [-0.4, -0.2) is 9.78 Å². The number of hydrogen-bond acceptors (Lipinski definition) is 3. The highest BCUT2D eigenvalue weighted by atomic mass is 79.9. The van der Waals surface area contributed by atoms with Gasteiger partial charge in [-0.3, -0.25) is 4.68 Å². The summed E-state index contributed by atoms with van der Waals surface area (Å²) in [6.07, 6.45) is 3.08. The second-order valence-electron chi connectivity index (χ2n) is 4.70. The molecule has 0 spiro atoms. The molecule has 5 heteroatoms. The first-order chi connectivity index (χ1) is 9.63. The number of nitrogens with one attached hydrogen (secondary N) is 1. The van der Waals surface area contributed by atoms with Crippen molar-refractivity contribution in [1.29, 1.82) is 5.26 Å². The molecule has 1 N–H and O–H groups in total. The second-order valence-corrected chi connectivity index (χ2v) is 5.56. The molecule has 0 fully saturated rings. The molecule has 1 heterocycles. The van der Waals surface area contributed by atoms with E-state index in [0.717, 1.165) is 22.3 Å². The van der Waals surface area contributed by atoms with Crippen molar-refractivity contribution in [2.75, 3.05) is 5.32 Å². The smallest absolute Gasteiger partial charge is 0.0992 e. The molecule has 0 aliphatic heterocycles. The first kappa shape index (κ1) is 14.6. The Morgan fingerprint density at radius 1 is 1.45 bits per heavy atom. The third-order valence-corrected chi connectivity index (χ3v) is 3.92. The minimum absolute atomic E-state index is 0.422. The summed E-state index contributed by atoms with van der Waals surface area (Å²) < 4.78 is 2.88. The Labute approximate surface area is 127 Å². The zero-order chi connectivity index (χ0) is 14.5. The molecule has 104 valence electrons. The second kappa shape index (κ2) is 6.58. The summed E-state index contributed by atoms with van der Waals surface area (Å²) in [5.41, 5.74) is 2.60. The summed E-state index contributed by atoms with van der Waals surface area (Å²) in [5.74, 6) is 0. The summed E-state index contributed by atoms with van der Waals surface area (Å²) in [5, 5.41) is 16.7. The van der Waals surface area contributed by atoms with E-state index in [2.05, 4.69) is 46.3 Å². The summed E-state index contributed by atoms with van der Waals surface area (Å²) >= 11 is 3.46. The van der Waals surface area contributed by atoms with E-state index >= 15 is 0 Å². The third kappa shape index (κ3) is 3.40. The fraction of sp³-hybridized carbons (Fsp3) is 0.333. The van der Waals surface area contributed by atoms with E-state index in [1.807, 2.05) is 23.0 Å². The number of halogens is 1. The molecular weight excluding hydrogens is 316 g/mol. The number of benzene rings is 1. The first-order valence-electron chi connectivity index (χ1n) is 6.61. The van der Waals surface area contributed by atoms with Crippen molar-refractivity contribution in [1.82, 2.24) is 9.78 Å². The summed E-state index contributed by atoms with van der Waals surface area (Å²) in [6.45, 7) is 4.97. The lowest BCUT2D eigenvalue weighted by Gasteiger charge is -2.09. The summed E-state index contributed by atoms with van der Waals surface area (Å²) in [7, 11) is 0. The van der Waals surface area contributed by atoms with Gasteiger partial charge in [-0.2, -0.15) is 10.4 Å². The maximum atomic E-state index is 8.83. The Balaban J connectivity index is 2.02. The standard InChI is InChI=1S/C15H17BrN4/c1-3-11(2)20-7-6-13(19-20)10-18-15-5-4-12(9-17)8-14(15)16/h4-8,11,18H,3,10H2,1-2H3. The van der Waals surface area contributed by atoms with Crippen LogP contribution in [0.5, 0.6) is 0 Å². The molecule has 0 saturated heterocycles. The molecule has 0 aliphatic rings. The van der Waals surface area contributed by atoms with Crippen LogP contribution in [0.25, 0.3) is 0 Å². The van der Waals surface area contributed by atoms with Gasteiger partial charge in [0.1, 0.15) is 0 Å².